The lowest BCUT2D eigenvalue weighted by Gasteiger charge is -2.35. The zero-order chi connectivity index (χ0) is 17.2. The molecule has 1 N–H and O–H groups in total. The van der Waals surface area contributed by atoms with Crippen LogP contribution in [-0.4, -0.2) is 53.4 Å². The van der Waals surface area contributed by atoms with Crippen LogP contribution >= 0.6 is 11.3 Å². The van der Waals surface area contributed by atoms with Crippen LogP contribution in [0, 0.1) is 6.92 Å². The van der Waals surface area contributed by atoms with E-state index in [0.717, 1.165) is 74.1 Å². The molecule has 25 heavy (non-hydrogen) atoms. The van der Waals surface area contributed by atoms with Crippen LogP contribution in [0.2, 0.25) is 0 Å². The first-order valence-electron chi connectivity index (χ1n) is 8.99. The molecule has 0 bridgehead atoms. The molecule has 1 saturated heterocycles. The molecule has 0 unspecified atom stereocenters. The molecule has 1 aromatic heterocycles. The van der Waals surface area contributed by atoms with E-state index in [-0.39, 0.29) is 5.91 Å². The molecule has 2 aliphatic rings. The topological polar surface area (TPSA) is 48.5 Å². The molecule has 132 valence electrons. The lowest BCUT2D eigenvalue weighted by molar-refractivity contribution is 0.0626. The van der Waals surface area contributed by atoms with E-state index in [4.69, 9.17) is 0 Å². The Morgan fingerprint density at radius 1 is 1.28 bits per heavy atom. The summed E-state index contributed by atoms with van der Waals surface area (Å²) in [4.78, 5) is 21.9. The molecule has 1 aromatic carbocycles. The number of amides is 1. The van der Waals surface area contributed by atoms with Crippen LogP contribution in [0.15, 0.2) is 23.6 Å². The van der Waals surface area contributed by atoms with Crippen LogP contribution in [0.25, 0.3) is 0 Å². The molecule has 5 nitrogen and oxygen atoms in total. The number of rotatable bonds is 3. The zero-order valence-corrected chi connectivity index (χ0v) is 15.4. The summed E-state index contributed by atoms with van der Waals surface area (Å²) in [7, 11) is 0. The number of anilines is 1. The van der Waals surface area contributed by atoms with Gasteiger partial charge in [0, 0.05) is 55.9 Å². The van der Waals surface area contributed by atoms with Gasteiger partial charge in [0.05, 0.1) is 10.7 Å². The second-order valence-corrected chi connectivity index (χ2v) is 7.85. The van der Waals surface area contributed by atoms with Gasteiger partial charge >= 0.3 is 0 Å². The average Bonchev–Trinajstić information content (AvgIpc) is 3.06. The van der Waals surface area contributed by atoms with E-state index in [2.05, 4.69) is 26.6 Å². The fourth-order valence-electron chi connectivity index (χ4n) is 3.70. The quantitative estimate of drug-likeness (QED) is 0.919. The Morgan fingerprint density at radius 2 is 2.12 bits per heavy atom. The molecule has 6 heteroatoms. The number of hydrogen-bond acceptors (Lipinski definition) is 5. The van der Waals surface area contributed by atoms with Crippen molar-refractivity contribution in [2.24, 2.45) is 0 Å². The van der Waals surface area contributed by atoms with E-state index in [1.807, 2.05) is 24.0 Å². The highest BCUT2D eigenvalue weighted by atomic mass is 32.1. The van der Waals surface area contributed by atoms with Crippen molar-refractivity contribution in [2.75, 3.05) is 38.0 Å². The SMILES string of the molecule is Cc1nc(CN2CCN(C(=O)c3cccc4c3CCCN4)CC2)cs1. The Morgan fingerprint density at radius 3 is 2.88 bits per heavy atom. The third-order valence-electron chi connectivity index (χ3n) is 5.04. The summed E-state index contributed by atoms with van der Waals surface area (Å²) in [5.74, 6) is 0.185. The Bertz CT molecular complexity index is 765. The van der Waals surface area contributed by atoms with E-state index in [1.165, 1.54) is 5.56 Å². The maximum atomic E-state index is 13.0. The average molecular weight is 356 g/mol. The normalized spacial score (nSPS) is 17.9. The Labute approximate surface area is 152 Å². The first kappa shape index (κ1) is 16.5. The van der Waals surface area contributed by atoms with Gasteiger partial charge in [0.15, 0.2) is 0 Å². The van der Waals surface area contributed by atoms with Gasteiger partial charge in [-0.15, -0.1) is 11.3 Å². The van der Waals surface area contributed by atoms with Crippen molar-refractivity contribution in [3.8, 4) is 0 Å². The minimum Gasteiger partial charge on any atom is -0.385 e. The van der Waals surface area contributed by atoms with E-state index in [1.54, 1.807) is 11.3 Å². The molecule has 0 atom stereocenters. The molecular weight excluding hydrogens is 332 g/mol. The van der Waals surface area contributed by atoms with Gasteiger partial charge in [-0.2, -0.15) is 0 Å². The van der Waals surface area contributed by atoms with Gasteiger partial charge in [-0.05, 0) is 37.5 Å². The van der Waals surface area contributed by atoms with Gasteiger partial charge < -0.3 is 10.2 Å². The van der Waals surface area contributed by atoms with Gasteiger partial charge in [0.2, 0.25) is 0 Å². The number of hydrogen-bond donors (Lipinski definition) is 1. The van der Waals surface area contributed by atoms with Crippen LogP contribution < -0.4 is 5.32 Å². The van der Waals surface area contributed by atoms with Gasteiger partial charge in [-0.1, -0.05) is 6.07 Å². The minimum atomic E-state index is 0.185. The number of fused-ring (bicyclic) bond motifs is 1. The van der Waals surface area contributed by atoms with Crippen LogP contribution in [0.3, 0.4) is 0 Å². The highest BCUT2D eigenvalue weighted by Gasteiger charge is 2.25. The standard InChI is InChI=1S/C19H24N4OS/c1-14-21-15(13-25-14)12-22-8-10-23(11-9-22)19(24)17-4-2-6-18-16(17)5-3-7-20-18/h2,4,6,13,20H,3,5,7-12H2,1H3. The Balaban J connectivity index is 1.40. The molecule has 2 aliphatic heterocycles. The summed E-state index contributed by atoms with van der Waals surface area (Å²) in [6.07, 6.45) is 2.09. The van der Waals surface area contributed by atoms with Crippen molar-refractivity contribution in [3.05, 3.63) is 45.4 Å². The van der Waals surface area contributed by atoms with E-state index in [0.29, 0.717) is 0 Å². The molecule has 4 rings (SSSR count). The second-order valence-electron chi connectivity index (χ2n) is 6.79. The summed E-state index contributed by atoms with van der Waals surface area (Å²) in [5, 5.41) is 6.66. The monoisotopic (exact) mass is 356 g/mol. The number of aromatic nitrogens is 1. The number of nitrogens with one attached hydrogen (secondary N) is 1. The number of benzene rings is 1. The van der Waals surface area contributed by atoms with Crippen LogP contribution in [0.5, 0.6) is 0 Å². The molecule has 0 aliphatic carbocycles. The fourth-order valence-corrected chi connectivity index (χ4v) is 4.30. The Kier molecular flexibility index (Phi) is 4.72. The van der Waals surface area contributed by atoms with E-state index < -0.39 is 0 Å². The summed E-state index contributed by atoms with van der Waals surface area (Å²) >= 11 is 1.70. The smallest absolute Gasteiger partial charge is 0.254 e. The Hall–Kier alpha value is -1.92. The number of piperazine rings is 1. The number of aryl methyl sites for hydroxylation is 1. The summed E-state index contributed by atoms with van der Waals surface area (Å²) in [6, 6.07) is 6.06. The fraction of sp³-hybridized carbons (Fsp3) is 0.474. The second kappa shape index (κ2) is 7.14. The lowest BCUT2D eigenvalue weighted by atomic mass is 9.96. The predicted octanol–water partition coefficient (Wildman–Crippen LogP) is 2.77. The van der Waals surface area contributed by atoms with Crippen LogP contribution in [-0.2, 0) is 13.0 Å². The molecule has 0 saturated carbocycles. The maximum absolute atomic E-state index is 13.0. The summed E-state index contributed by atoms with van der Waals surface area (Å²) in [6.45, 7) is 7.33. The van der Waals surface area contributed by atoms with Crippen molar-refractivity contribution >= 4 is 22.9 Å². The van der Waals surface area contributed by atoms with E-state index >= 15 is 0 Å². The van der Waals surface area contributed by atoms with Crippen LogP contribution in [0.4, 0.5) is 5.69 Å². The highest BCUT2D eigenvalue weighted by molar-refractivity contribution is 7.09. The van der Waals surface area contributed by atoms with Gasteiger partial charge in [-0.25, -0.2) is 4.98 Å². The lowest BCUT2D eigenvalue weighted by Crippen LogP contribution is -2.48. The zero-order valence-electron chi connectivity index (χ0n) is 14.6. The van der Waals surface area contributed by atoms with Crippen molar-refractivity contribution in [3.63, 3.8) is 0 Å². The molecule has 0 spiro atoms. The molecule has 1 fully saturated rings. The highest BCUT2D eigenvalue weighted by Crippen LogP contribution is 2.26. The van der Waals surface area contributed by atoms with Crippen molar-refractivity contribution in [1.82, 2.24) is 14.8 Å². The summed E-state index contributed by atoms with van der Waals surface area (Å²) < 4.78 is 0. The third kappa shape index (κ3) is 3.55. The third-order valence-corrected chi connectivity index (χ3v) is 5.86. The molecule has 3 heterocycles. The number of thiazole rings is 1. The van der Waals surface area contributed by atoms with E-state index in [9.17, 15) is 4.79 Å². The maximum Gasteiger partial charge on any atom is 0.254 e. The van der Waals surface area contributed by atoms with Gasteiger partial charge in [0.1, 0.15) is 0 Å². The summed E-state index contributed by atoms with van der Waals surface area (Å²) in [5.41, 5.74) is 4.35. The van der Waals surface area contributed by atoms with Crippen LogP contribution in [0.1, 0.15) is 33.0 Å². The molecule has 2 aromatic rings. The number of carbonyl (C=O) groups is 1. The molecule has 1 amide bonds. The van der Waals surface area contributed by atoms with Gasteiger partial charge in [0.25, 0.3) is 5.91 Å². The number of carbonyl (C=O) groups excluding carboxylic acids is 1. The van der Waals surface area contributed by atoms with Crippen molar-refractivity contribution < 1.29 is 4.79 Å². The minimum absolute atomic E-state index is 0.185. The van der Waals surface area contributed by atoms with Gasteiger partial charge in [-0.3, -0.25) is 9.69 Å². The number of nitrogens with zero attached hydrogens (tertiary/aromatic N) is 3. The first-order valence-corrected chi connectivity index (χ1v) is 9.87. The largest absolute Gasteiger partial charge is 0.385 e. The van der Waals surface area contributed by atoms with Crippen molar-refractivity contribution in [2.45, 2.75) is 26.3 Å². The first-order chi connectivity index (χ1) is 12.2. The predicted molar refractivity (Wildman–Crippen MR) is 101 cm³/mol. The van der Waals surface area contributed by atoms with Crippen molar-refractivity contribution in [1.29, 1.82) is 0 Å². The molecule has 0 radical (unpaired) electrons. The molecular formula is C19H24N4OS.